The van der Waals surface area contributed by atoms with Crippen LogP contribution in [-0.2, 0) is 0 Å². The first-order valence-electron chi connectivity index (χ1n) is 5.43. The highest BCUT2D eigenvalue weighted by Crippen LogP contribution is 2.11. The fourth-order valence-electron chi connectivity index (χ4n) is 1.49. The molecule has 1 unspecified atom stereocenters. The van der Waals surface area contributed by atoms with Crippen LogP contribution in [0.2, 0.25) is 0 Å². The van der Waals surface area contributed by atoms with E-state index in [2.05, 4.69) is 31.1 Å². The Morgan fingerprint density at radius 3 is 2.53 bits per heavy atom. The molecule has 2 atom stereocenters. The van der Waals surface area contributed by atoms with Crippen LogP contribution < -0.4 is 5.32 Å². The quantitative estimate of drug-likeness (QED) is 0.775. The van der Waals surface area contributed by atoms with Crippen molar-refractivity contribution in [3.63, 3.8) is 0 Å². The van der Waals surface area contributed by atoms with Crippen LogP contribution >= 0.6 is 0 Å². The second kappa shape index (κ2) is 5.83. The lowest BCUT2D eigenvalue weighted by Gasteiger charge is -2.24. The molecule has 0 amide bonds. The minimum absolute atomic E-state index is 0.127. The van der Waals surface area contributed by atoms with Gasteiger partial charge in [0.05, 0.1) is 12.3 Å². The van der Waals surface area contributed by atoms with E-state index >= 15 is 0 Å². The fourth-order valence-corrected chi connectivity index (χ4v) is 1.49. The second-order valence-corrected chi connectivity index (χ2v) is 4.18. The zero-order valence-electron chi connectivity index (χ0n) is 9.64. The topological polar surface area (TPSA) is 45.1 Å². The molecule has 0 aliphatic heterocycles. The summed E-state index contributed by atoms with van der Waals surface area (Å²) in [4.78, 5) is 4.28. The van der Waals surface area contributed by atoms with E-state index in [1.807, 2.05) is 18.2 Å². The smallest absolute Gasteiger partial charge is 0.0587 e. The van der Waals surface area contributed by atoms with E-state index in [9.17, 15) is 5.11 Å². The summed E-state index contributed by atoms with van der Waals surface area (Å²) >= 11 is 0. The lowest BCUT2D eigenvalue weighted by atomic mass is 10.0. The highest BCUT2D eigenvalue weighted by Gasteiger charge is 2.15. The summed E-state index contributed by atoms with van der Waals surface area (Å²) in [6, 6.07) is 6.17. The molecular weight excluding hydrogens is 188 g/mol. The number of aliphatic hydroxyl groups is 1. The summed E-state index contributed by atoms with van der Waals surface area (Å²) in [6.45, 7) is 6.42. The van der Waals surface area contributed by atoms with Gasteiger partial charge in [-0.05, 0) is 25.0 Å². The molecule has 84 valence electrons. The molecule has 0 aromatic carbocycles. The summed E-state index contributed by atoms with van der Waals surface area (Å²) in [5.41, 5.74) is 1.01. The van der Waals surface area contributed by atoms with Gasteiger partial charge in [0.2, 0.25) is 0 Å². The van der Waals surface area contributed by atoms with Gasteiger partial charge < -0.3 is 10.4 Å². The summed E-state index contributed by atoms with van der Waals surface area (Å²) in [6.07, 6.45) is 1.79. The Morgan fingerprint density at radius 1 is 1.33 bits per heavy atom. The van der Waals surface area contributed by atoms with Gasteiger partial charge in [-0.3, -0.25) is 4.98 Å². The number of aromatic nitrogens is 1. The Kier molecular flexibility index (Phi) is 4.72. The Morgan fingerprint density at radius 2 is 2.07 bits per heavy atom. The van der Waals surface area contributed by atoms with Gasteiger partial charge in [-0.2, -0.15) is 0 Å². The van der Waals surface area contributed by atoms with Gasteiger partial charge in [-0.1, -0.05) is 19.9 Å². The van der Waals surface area contributed by atoms with Crippen molar-refractivity contribution in [2.75, 3.05) is 6.61 Å². The van der Waals surface area contributed by atoms with E-state index in [4.69, 9.17) is 0 Å². The lowest BCUT2D eigenvalue weighted by molar-refractivity contribution is 0.201. The van der Waals surface area contributed by atoms with Crippen molar-refractivity contribution < 1.29 is 5.11 Å². The molecule has 3 nitrogen and oxygen atoms in total. The van der Waals surface area contributed by atoms with Crippen LogP contribution in [0.15, 0.2) is 24.4 Å². The van der Waals surface area contributed by atoms with Crippen LogP contribution in [0.25, 0.3) is 0 Å². The molecule has 0 saturated heterocycles. The molecule has 0 radical (unpaired) electrons. The molecule has 3 heteroatoms. The third-order valence-corrected chi connectivity index (χ3v) is 2.60. The highest BCUT2D eigenvalue weighted by atomic mass is 16.3. The van der Waals surface area contributed by atoms with Crippen molar-refractivity contribution in [3.8, 4) is 0 Å². The molecule has 1 aromatic heterocycles. The maximum absolute atomic E-state index is 9.21. The van der Waals surface area contributed by atoms with E-state index in [-0.39, 0.29) is 18.7 Å². The SMILES string of the molecule is CC(N[C@H](CO)C(C)C)c1ccccn1. The minimum atomic E-state index is 0.127. The number of nitrogens with zero attached hydrogens (tertiary/aromatic N) is 1. The Hall–Kier alpha value is -0.930. The van der Waals surface area contributed by atoms with Crippen molar-refractivity contribution >= 4 is 0 Å². The fraction of sp³-hybridized carbons (Fsp3) is 0.583. The van der Waals surface area contributed by atoms with Gasteiger partial charge in [0.1, 0.15) is 0 Å². The number of aliphatic hydroxyl groups excluding tert-OH is 1. The molecule has 0 saturated carbocycles. The Bertz CT molecular complexity index is 274. The van der Waals surface area contributed by atoms with Crippen LogP contribution in [0.5, 0.6) is 0 Å². The molecule has 0 fully saturated rings. The Labute approximate surface area is 91.5 Å². The molecule has 1 rings (SSSR count). The summed E-state index contributed by atoms with van der Waals surface area (Å²) in [7, 11) is 0. The summed E-state index contributed by atoms with van der Waals surface area (Å²) in [5.74, 6) is 0.418. The molecule has 15 heavy (non-hydrogen) atoms. The number of rotatable bonds is 5. The van der Waals surface area contributed by atoms with E-state index in [0.29, 0.717) is 5.92 Å². The molecule has 1 heterocycles. The molecule has 0 aliphatic carbocycles. The van der Waals surface area contributed by atoms with E-state index in [1.165, 1.54) is 0 Å². The standard InChI is InChI=1S/C12H20N2O/c1-9(2)12(8-15)14-10(3)11-6-4-5-7-13-11/h4-7,9-10,12,14-15H,8H2,1-3H3/t10?,12-/m1/s1. The van der Waals surface area contributed by atoms with E-state index in [0.717, 1.165) is 5.69 Å². The second-order valence-electron chi connectivity index (χ2n) is 4.18. The third-order valence-electron chi connectivity index (χ3n) is 2.60. The van der Waals surface area contributed by atoms with Gasteiger partial charge in [0.25, 0.3) is 0 Å². The monoisotopic (exact) mass is 208 g/mol. The molecule has 1 aromatic rings. The summed E-state index contributed by atoms with van der Waals surface area (Å²) < 4.78 is 0. The predicted octanol–water partition coefficient (Wildman–Crippen LogP) is 1.75. The highest BCUT2D eigenvalue weighted by molar-refractivity contribution is 5.07. The van der Waals surface area contributed by atoms with E-state index in [1.54, 1.807) is 6.20 Å². The van der Waals surface area contributed by atoms with Crippen molar-refractivity contribution in [2.24, 2.45) is 5.92 Å². The molecular formula is C12H20N2O. The van der Waals surface area contributed by atoms with Crippen molar-refractivity contribution in [1.29, 1.82) is 0 Å². The number of pyridine rings is 1. The molecule has 0 spiro atoms. The van der Waals surface area contributed by atoms with Crippen molar-refractivity contribution in [3.05, 3.63) is 30.1 Å². The number of hydrogen-bond acceptors (Lipinski definition) is 3. The first kappa shape index (κ1) is 12.1. The minimum Gasteiger partial charge on any atom is -0.395 e. The normalized spacial score (nSPS) is 15.3. The predicted molar refractivity (Wildman–Crippen MR) is 61.5 cm³/mol. The zero-order valence-corrected chi connectivity index (χ0v) is 9.64. The summed E-state index contributed by atoms with van der Waals surface area (Å²) in [5, 5.41) is 12.6. The number of nitrogens with one attached hydrogen (secondary N) is 1. The first-order chi connectivity index (χ1) is 7.15. The van der Waals surface area contributed by atoms with Gasteiger partial charge in [0, 0.05) is 18.3 Å². The Balaban J connectivity index is 2.58. The van der Waals surface area contributed by atoms with Crippen molar-refractivity contribution in [2.45, 2.75) is 32.9 Å². The van der Waals surface area contributed by atoms with E-state index < -0.39 is 0 Å². The van der Waals surface area contributed by atoms with Crippen molar-refractivity contribution in [1.82, 2.24) is 10.3 Å². The third kappa shape index (κ3) is 3.61. The van der Waals surface area contributed by atoms with Gasteiger partial charge >= 0.3 is 0 Å². The van der Waals surface area contributed by atoms with Crippen LogP contribution in [0.3, 0.4) is 0 Å². The van der Waals surface area contributed by atoms with Crippen LogP contribution in [-0.4, -0.2) is 22.7 Å². The average molecular weight is 208 g/mol. The molecule has 0 aliphatic rings. The van der Waals surface area contributed by atoms with Gasteiger partial charge in [0.15, 0.2) is 0 Å². The van der Waals surface area contributed by atoms with Crippen LogP contribution in [0.4, 0.5) is 0 Å². The maximum Gasteiger partial charge on any atom is 0.0587 e. The molecule has 2 N–H and O–H groups in total. The lowest BCUT2D eigenvalue weighted by Crippen LogP contribution is -2.38. The maximum atomic E-state index is 9.21. The largest absolute Gasteiger partial charge is 0.395 e. The number of hydrogen-bond donors (Lipinski definition) is 2. The molecule has 0 bridgehead atoms. The van der Waals surface area contributed by atoms with Crippen LogP contribution in [0, 0.1) is 5.92 Å². The first-order valence-corrected chi connectivity index (χ1v) is 5.43. The van der Waals surface area contributed by atoms with Crippen LogP contribution in [0.1, 0.15) is 32.5 Å². The van der Waals surface area contributed by atoms with Gasteiger partial charge in [-0.15, -0.1) is 0 Å². The average Bonchev–Trinajstić information content (AvgIpc) is 2.26. The zero-order chi connectivity index (χ0) is 11.3. The van der Waals surface area contributed by atoms with Gasteiger partial charge in [-0.25, -0.2) is 0 Å².